The summed E-state index contributed by atoms with van der Waals surface area (Å²) in [5, 5.41) is 3.35. The van der Waals surface area contributed by atoms with E-state index in [2.05, 4.69) is 30.6 Å². The summed E-state index contributed by atoms with van der Waals surface area (Å²) < 4.78 is 5.16. The van der Waals surface area contributed by atoms with Gasteiger partial charge in [0, 0.05) is 13.1 Å². The zero-order valence-corrected chi connectivity index (χ0v) is 13.0. The van der Waals surface area contributed by atoms with Gasteiger partial charge in [0.1, 0.15) is 5.54 Å². The van der Waals surface area contributed by atoms with Gasteiger partial charge in [0.2, 0.25) is 0 Å². The van der Waals surface area contributed by atoms with Crippen LogP contribution in [0.4, 0.5) is 0 Å². The minimum atomic E-state index is -0.614. The van der Waals surface area contributed by atoms with E-state index in [0.29, 0.717) is 13.0 Å². The van der Waals surface area contributed by atoms with Crippen molar-refractivity contribution >= 4 is 5.97 Å². The zero-order chi connectivity index (χ0) is 14.7. The smallest absolute Gasteiger partial charge is 0.326 e. The average Bonchev–Trinajstić information content (AvgIpc) is 2.41. The Hall–Kier alpha value is -0.870. The molecule has 0 amide bonds. The third-order valence-electron chi connectivity index (χ3n) is 3.41. The Kier molecular flexibility index (Phi) is 9.53. The fourth-order valence-electron chi connectivity index (χ4n) is 1.97. The maximum Gasteiger partial charge on any atom is 0.326 e. The standard InChI is InChI=1S/C15H30N2O2/c1-6-10-11-15(5,14(18)19-9-4)16-12-13-17(7-2)8-3/h6,16H,1,7-13H2,2-5H3. The molecule has 4 heteroatoms. The second-order valence-electron chi connectivity index (χ2n) is 4.83. The molecule has 0 heterocycles. The highest BCUT2D eigenvalue weighted by atomic mass is 16.5. The molecule has 0 aliphatic carbocycles. The minimum Gasteiger partial charge on any atom is -0.465 e. The van der Waals surface area contributed by atoms with Crippen LogP contribution in [0.2, 0.25) is 0 Å². The molecule has 1 N–H and O–H groups in total. The summed E-state index contributed by atoms with van der Waals surface area (Å²) >= 11 is 0. The molecule has 0 aliphatic heterocycles. The molecule has 0 spiro atoms. The van der Waals surface area contributed by atoms with Crippen molar-refractivity contribution in [2.45, 2.75) is 46.1 Å². The van der Waals surface area contributed by atoms with E-state index in [1.807, 2.05) is 19.9 Å². The molecule has 1 atom stereocenters. The monoisotopic (exact) mass is 270 g/mol. The number of allylic oxidation sites excluding steroid dienone is 1. The highest BCUT2D eigenvalue weighted by Crippen LogP contribution is 2.15. The summed E-state index contributed by atoms with van der Waals surface area (Å²) in [7, 11) is 0. The van der Waals surface area contributed by atoms with Gasteiger partial charge in [-0.2, -0.15) is 0 Å². The number of hydrogen-bond acceptors (Lipinski definition) is 4. The number of hydrogen-bond donors (Lipinski definition) is 1. The molecule has 0 aliphatic rings. The number of nitrogens with zero attached hydrogens (tertiary/aromatic N) is 1. The van der Waals surface area contributed by atoms with Crippen molar-refractivity contribution in [1.29, 1.82) is 0 Å². The predicted molar refractivity (Wildman–Crippen MR) is 80.3 cm³/mol. The van der Waals surface area contributed by atoms with E-state index in [-0.39, 0.29) is 5.97 Å². The molecule has 0 aromatic carbocycles. The van der Waals surface area contributed by atoms with E-state index in [0.717, 1.165) is 32.6 Å². The van der Waals surface area contributed by atoms with E-state index in [9.17, 15) is 4.79 Å². The molecule has 4 nitrogen and oxygen atoms in total. The van der Waals surface area contributed by atoms with E-state index in [4.69, 9.17) is 4.74 Å². The Labute approximate surface area is 118 Å². The quantitative estimate of drug-likeness (QED) is 0.462. The van der Waals surface area contributed by atoms with Gasteiger partial charge in [-0.25, -0.2) is 0 Å². The van der Waals surface area contributed by atoms with Crippen molar-refractivity contribution in [2.24, 2.45) is 0 Å². The Morgan fingerprint density at radius 1 is 1.37 bits per heavy atom. The molecule has 0 saturated carbocycles. The topological polar surface area (TPSA) is 41.6 Å². The Bertz CT molecular complexity index is 265. The van der Waals surface area contributed by atoms with Crippen LogP contribution in [0, 0.1) is 0 Å². The van der Waals surface area contributed by atoms with Gasteiger partial charge in [-0.1, -0.05) is 19.9 Å². The van der Waals surface area contributed by atoms with Gasteiger partial charge in [0.05, 0.1) is 6.61 Å². The van der Waals surface area contributed by atoms with Gasteiger partial charge >= 0.3 is 5.97 Å². The predicted octanol–water partition coefficient (Wildman–Crippen LogP) is 2.21. The first-order chi connectivity index (χ1) is 9.03. The Morgan fingerprint density at radius 3 is 2.47 bits per heavy atom. The highest BCUT2D eigenvalue weighted by Gasteiger charge is 2.33. The van der Waals surface area contributed by atoms with Gasteiger partial charge in [-0.3, -0.25) is 4.79 Å². The largest absolute Gasteiger partial charge is 0.465 e. The molecule has 0 fully saturated rings. The molecule has 19 heavy (non-hydrogen) atoms. The average molecular weight is 270 g/mol. The molecule has 0 bridgehead atoms. The normalized spacial score (nSPS) is 14.2. The van der Waals surface area contributed by atoms with Crippen LogP contribution in [-0.2, 0) is 9.53 Å². The molecular weight excluding hydrogens is 240 g/mol. The molecule has 0 radical (unpaired) electrons. The first-order valence-corrected chi connectivity index (χ1v) is 7.29. The molecular formula is C15H30N2O2. The summed E-state index contributed by atoms with van der Waals surface area (Å²) in [5.41, 5.74) is -0.614. The van der Waals surface area contributed by atoms with E-state index >= 15 is 0 Å². The van der Waals surface area contributed by atoms with Crippen LogP contribution < -0.4 is 5.32 Å². The van der Waals surface area contributed by atoms with Gasteiger partial charge < -0.3 is 15.0 Å². The van der Waals surface area contributed by atoms with Crippen molar-refractivity contribution in [2.75, 3.05) is 32.8 Å². The molecule has 0 aromatic rings. The van der Waals surface area contributed by atoms with Crippen molar-refractivity contribution in [3.05, 3.63) is 12.7 Å². The lowest BCUT2D eigenvalue weighted by Crippen LogP contribution is -2.52. The van der Waals surface area contributed by atoms with Crippen molar-refractivity contribution in [3.8, 4) is 0 Å². The number of carbonyl (C=O) groups excluding carboxylic acids is 1. The number of likely N-dealkylation sites (N-methyl/N-ethyl adjacent to an activating group) is 1. The number of carbonyl (C=O) groups is 1. The Morgan fingerprint density at radius 2 is 2.00 bits per heavy atom. The third-order valence-corrected chi connectivity index (χ3v) is 3.41. The second-order valence-corrected chi connectivity index (χ2v) is 4.83. The van der Waals surface area contributed by atoms with Crippen LogP contribution in [0.15, 0.2) is 12.7 Å². The molecule has 0 saturated heterocycles. The number of rotatable bonds is 11. The van der Waals surface area contributed by atoms with Crippen LogP contribution in [0.1, 0.15) is 40.5 Å². The maximum atomic E-state index is 12.1. The van der Waals surface area contributed by atoms with Crippen molar-refractivity contribution in [1.82, 2.24) is 10.2 Å². The lowest BCUT2D eigenvalue weighted by atomic mass is 9.95. The summed E-state index contributed by atoms with van der Waals surface area (Å²) in [5.74, 6) is -0.170. The van der Waals surface area contributed by atoms with E-state index in [1.165, 1.54) is 0 Å². The first kappa shape index (κ1) is 18.1. The highest BCUT2D eigenvalue weighted by molar-refractivity contribution is 5.80. The van der Waals surface area contributed by atoms with Crippen LogP contribution in [0.25, 0.3) is 0 Å². The van der Waals surface area contributed by atoms with Gasteiger partial charge in [0.25, 0.3) is 0 Å². The zero-order valence-electron chi connectivity index (χ0n) is 13.0. The summed E-state index contributed by atoms with van der Waals surface area (Å²) in [6.45, 7) is 16.0. The fraction of sp³-hybridized carbons (Fsp3) is 0.800. The van der Waals surface area contributed by atoms with Crippen LogP contribution in [-0.4, -0.2) is 49.2 Å². The third kappa shape index (κ3) is 6.73. The lowest BCUT2D eigenvalue weighted by molar-refractivity contribution is -0.150. The minimum absolute atomic E-state index is 0.170. The molecule has 0 aromatic heterocycles. The van der Waals surface area contributed by atoms with Crippen molar-refractivity contribution < 1.29 is 9.53 Å². The molecule has 112 valence electrons. The number of esters is 1. The molecule has 1 unspecified atom stereocenters. The van der Waals surface area contributed by atoms with Gasteiger partial charge in [-0.15, -0.1) is 6.58 Å². The van der Waals surface area contributed by atoms with Gasteiger partial charge in [0.15, 0.2) is 0 Å². The summed E-state index contributed by atoms with van der Waals surface area (Å²) in [4.78, 5) is 14.4. The lowest BCUT2D eigenvalue weighted by Gasteiger charge is -2.29. The maximum absolute atomic E-state index is 12.1. The van der Waals surface area contributed by atoms with Gasteiger partial charge in [-0.05, 0) is 39.8 Å². The van der Waals surface area contributed by atoms with Crippen LogP contribution in [0.3, 0.4) is 0 Å². The first-order valence-electron chi connectivity index (χ1n) is 7.29. The van der Waals surface area contributed by atoms with E-state index < -0.39 is 5.54 Å². The SMILES string of the molecule is C=CCCC(C)(NCCN(CC)CC)C(=O)OCC. The summed E-state index contributed by atoms with van der Waals surface area (Å²) in [6, 6.07) is 0. The fourth-order valence-corrected chi connectivity index (χ4v) is 1.97. The number of ether oxygens (including phenoxy) is 1. The second kappa shape index (κ2) is 9.98. The van der Waals surface area contributed by atoms with Crippen LogP contribution >= 0.6 is 0 Å². The van der Waals surface area contributed by atoms with Crippen molar-refractivity contribution in [3.63, 3.8) is 0 Å². The molecule has 0 rings (SSSR count). The Balaban J connectivity index is 4.41. The number of nitrogens with one attached hydrogen (secondary N) is 1. The van der Waals surface area contributed by atoms with Crippen LogP contribution in [0.5, 0.6) is 0 Å². The summed E-state index contributed by atoms with van der Waals surface area (Å²) in [6.07, 6.45) is 3.35. The van der Waals surface area contributed by atoms with E-state index in [1.54, 1.807) is 0 Å².